The number of benzene rings is 2. The number of aromatic nitrogens is 3. The lowest BCUT2D eigenvalue weighted by Crippen LogP contribution is -2.08. The van der Waals surface area contributed by atoms with Crippen LogP contribution in [0.4, 0.5) is 13.2 Å². The van der Waals surface area contributed by atoms with Crippen molar-refractivity contribution in [3.63, 3.8) is 0 Å². The van der Waals surface area contributed by atoms with Gasteiger partial charge in [0.05, 0.1) is 6.42 Å². The minimum Gasteiger partial charge on any atom is -0.270 e. The van der Waals surface area contributed by atoms with Gasteiger partial charge in [0.1, 0.15) is 0 Å². The molecule has 0 saturated carbocycles. The van der Waals surface area contributed by atoms with Crippen molar-refractivity contribution in [2.45, 2.75) is 17.8 Å². The lowest BCUT2D eigenvalue weighted by atomic mass is 10.2. The fourth-order valence-corrected chi connectivity index (χ4v) is 3.14. The molecule has 1 heterocycles. The van der Waals surface area contributed by atoms with Gasteiger partial charge in [-0.2, -0.15) is 13.2 Å². The van der Waals surface area contributed by atoms with Crippen molar-refractivity contribution in [3.8, 4) is 17.1 Å². The van der Waals surface area contributed by atoms with Crippen LogP contribution in [0.1, 0.15) is 6.42 Å². The molecule has 0 aliphatic heterocycles. The van der Waals surface area contributed by atoms with Crippen LogP contribution in [0.15, 0.2) is 65.8 Å². The van der Waals surface area contributed by atoms with Gasteiger partial charge in [0.2, 0.25) is 0 Å². The van der Waals surface area contributed by atoms with Crippen molar-refractivity contribution in [1.82, 2.24) is 14.8 Å². The first-order valence-electron chi connectivity index (χ1n) is 7.30. The quantitative estimate of drug-likeness (QED) is 0.609. The van der Waals surface area contributed by atoms with Gasteiger partial charge in [0, 0.05) is 17.0 Å². The lowest BCUT2D eigenvalue weighted by Gasteiger charge is -2.10. The first-order valence-corrected chi connectivity index (χ1v) is 8.29. The van der Waals surface area contributed by atoms with Crippen LogP contribution >= 0.6 is 11.8 Å². The third-order valence-corrected chi connectivity index (χ3v) is 4.23. The molecular weight excluding hydrogens is 335 g/mol. The predicted molar refractivity (Wildman–Crippen MR) is 88.2 cm³/mol. The summed E-state index contributed by atoms with van der Waals surface area (Å²) in [5, 5.41) is 8.73. The Balaban J connectivity index is 1.96. The highest BCUT2D eigenvalue weighted by Gasteiger charge is 2.27. The molecule has 0 saturated heterocycles. The van der Waals surface area contributed by atoms with Gasteiger partial charge in [-0.3, -0.25) is 4.57 Å². The average Bonchev–Trinajstić information content (AvgIpc) is 2.99. The molecule has 0 atom stereocenters. The molecule has 3 aromatic rings. The van der Waals surface area contributed by atoms with E-state index in [4.69, 9.17) is 0 Å². The fraction of sp³-hybridized carbons (Fsp3) is 0.176. The van der Waals surface area contributed by atoms with E-state index in [9.17, 15) is 13.2 Å². The SMILES string of the molecule is FC(F)(F)CCSc1nnc(-c2ccccc2)n1-c1ccccc1. The van der Waals surface area contributed by atoms with E-state index in [1.54, 1.807) is 4.57 Å². The van der Waals surface area contributed by atoms with Gasteiger partial charge in [-0.1, -0.05) is 60.3 Å². The van der Waals surface area contributed by atoms with E-state index >= 15 is 0 Å². The van der Waals surface area contributed by atoms with E-state index < -0.39 is 12.6 Å². The van der Waals surface area contributed by atoms with Gasteiger partial charge in [0.15, 0.2) is 11.0 Å². The summed E-state index contributed by atoms with van der Waals surface area (Å²) in [5.74, 6) is 0.514. The smallest absolute Gasteiger partial charge is 0.270 e. The van der Waals surface area contributed by atoms with Crippen LogP contribution in [0.3, 0.4) is 0 Å². The molecule has 0 fully saturated rings. The largest absolute Gasteiger partial charge is 0.389 e. The lowest BCUT2D eigenvalue weighted by molar-refractivity contribution is -0.129. The highest BCUT2D eigenvalue weighted by atomic mass is 32.2. The van der Waals surface area contributed by atoms with E-state index in [0.29, 0.717) is 11.0 Å². The molecule has 3 rings (SSSR count). The average molecular weight is 349 g/mol. The Kier molecular flexibility index (Phi) is 4.89. The zero-order valence-corrected chi connectivity index (χ0v) is 13.4. The summed E-state index contributed by atoms with van der Waals surface area (Å²) < 4.78 is 39.0. The molecule has 124 valence electrons. The number of nitrogens with zero attached hydrogens (tertiary/aromatic N) is 3. The molecule has 3 nitrogen and oxygen atoms in total. The van der Waals surface area contributed by atoms with Crippen LogP contribution in [0.2, 0.25) is 0 Å². The first kappa shape index (κ1) is 16.6. The van der Waals surface area contributed by atoms with Crippen molar-refractivity contribution >= 4 is 11.8 Å². The summed E-state index contributed by atoms with van der Waals surface area (Å²) in [7, 11) is 0. The molecule has 0 spiro atoms. The predicted octanol–water partition coefficient (Wildman–Crippen LogP) is 4.98. The Hall–Kier alpha value is -2.28. The number of hydrogen-bond donors (Lipinski definition) is 0. The molecule has 0 aliphatic rings. The molecule has 0 radical (unpaired) electrons. The van der Waals surface area contributed by atoms with Crippen molar-refractivity contribution in [3.05, 3.63) is 60.7 Å². The maximum absolute atomic E-state index is 12.4. The summed E-state index contributed by atoms with van der Waals surface area (Å²) >= 11 is 1.05. The Morgan fingerprint density at radius 3 is 2.12 bits per heavy atom. The van der Waals surface area contributed by atoms with E-state index in [0.717, 1.165) is 23.0 Å². The van der Waals surface area contributed by atoms with Gasteiger partial charge < -0.3 is 0 Å². The minimum atomic E-state index is -4.17. The van der Waals surface area contributed by atoms with Gasteiger partial charge >= 0.3 is 6.18 Å². The van der Waals surface area contributed by atoms with Gasteiger partial charge in [-0.05, 0) is 12.1 Å². The molecule has 24 heavy (non-hydrogen) atoms. The number of para-hydroxylation sites is 1. The second-order valence-corrected chi connectivity index (χ2v) is 6.12. The first-order chi connectivity index (χ1) is 11.5. The van der Waals surface area contributed by atoms with E-state index in [2.05, 4.69) is 10.2 Å². The zero-order chi connectivity index (χ0) is 17.0. The summed E-state index contributed by atoms with van der Waals surface area (Å²) in [4.78, 5) is 0. The fourth-order valence-electron chi connectivity index (χ4n) is 2.21. The topological polar surface area (TPSA) is 30.7 Å². The third kappa shape index (κ3) is 3.97. The molecule has 2 aromatic carbocycles. The van der Waals surface area contributed by atoms with Crippen molar-refractivity contribution in [2.75, 3.05) is 5.75 Å². The third-order valence-electron chi connectivity index (χ3n) is 3.30. The maximum atomic E-state index is 12.4. The summed E-state index contributed by atoms with van der Waals surface area (Å²) in [6, 6.07) is 18.8. The van der Waals surface area contributed by atoms with E-state index in [1.165, 1.54) is 0 Å². The highest BCUT2D eigenvalue weighted by molar-refractivity contribution is 7.99. The van der Waals surface area contributed by atoms with Crippen LogP contribution in [0, 0.1) is 0 Å². The molecule has 1 aromatic heterocycles. The van der Waals surface area contributed by atoms with Gasteiger partial charge in [-0.25, -0.2) is 0 Å². The Bertz CT molecular complexity index is 786. The molecule has 0 N–H and O–H groups in total. The highest BCUT2D eigenvalue weighted by Crippen LogP contribution is 2.30. The van der Waals surface area contributed by atoms with Gasteiger partial charge in [-0.15, -0.1) is 10.2 Å². The van der Waals surface area contributed by atoms with Crippen molar-refractivity contribution in [2.24, 2.45) is 0 Å². The normalized spacial score (nSPS) is 11.6. The standard InChI is InChI=1S/C17H14F3N3S/c18-17(19,20)11-12-24-16-22-21-15(13-7-3-1-4-8-13)23(16)14-9-5-2-6-10-14/h1-10H,11-12H2. The molecule has 0 bridgehead atoms. The molecule has 7 heteroatoms. The van der Waals surface area contributed by atoms with Crippen LogP contribution < -0.4 is 0 Å². The number of hydrogen-bond acceptors (Lipinski definition) is 3. The maximum Gasteiger partial charge on any atom is 0.389 e. The Morgan fingerprint density at radius 1 is 0.875 bits per heavy atom. The Labute approximate surface area is 141 Å². The number of rotatable bonds is 5. The minimum absolute atomic E-state index is 0.0940. The zero-order valence-electron chi connectivity index (χ0n) is 12.6. The van der Waals surface area contributed by atoms with Crippen molar-refractivity contribution in [1.29, 1.82) is 0 Å². The molecule has 0 aliphatic carbocycles. The van der Waals surface area contributed by atoms with Gasteiger partial charge in [0.25, 0.3) is 0 Å². The van der Waals surface area contributed by atoms with Crippen LogP contribution in [0.25, 0.3) is 17.1 Å². The summed E-state index contributed by atoms with van der Waals surface area (Å²) in [6.45, 7) is 0. The van der Waals surface area contributed by atoms with Crippen LogP contribution in [-0.2, 0) is 0 Å². The molecule has 0 unspecified atom stereocenters. The number of alkyl halides is 3. The second kappa shape index (κ2) is 7.09. The number of halogens is 3. The monoisotopic (exact) mass is 349 g/mol. The molecule has 0 amide bonds. The summed E-state index contributed by atoms with van der Waals surface area (Å²) in [5.41, 5.74) is 1.67. The van der Waals surface area contributed by atoms with Crippen molar-refractivity contribution < 1.29 is 13.2 Å². The molecular formula is C17H14F3N3S. The number of thioether (sulfide) groups is 1. The van der Waals surface area contributed by atoms with E-state index in [1.807, 2.05) is 60.7 Å². The van der Waals surface area contributed by atoms with Crippen LogP contribution in [-0.4, -0.2) is 26.7 Å². The van der Waals surface area contributed by atoms with Crippen LogP contribution in [0.5, 0.6) is 0 Å². The Morgan fingerprint density at radius 2 is 1.50 bits per heavy atom. The van der Waals surface area contributed by atoms with E-state index in [-0.39, 0.29) is 5.75 Å². The summed E-state index contributed by atoms with van der Waals surface area (Å²) in [6.07, 6.45) is -5.03. The second-order valence-electron chi connectivity index (χ2n) is 5.06.